The monoisotopic (exact) mass is 327 g/mol. The fraction of sp³-hybridized carbons (Fsp3) is 0.231. The first-order chi connectivity index (χ1) is 8.72. The molecule has 2 aromatic rings. The van der Waals surface area contributed by atoms with E-state index in [2.05, 4.69) is 15.9 Å². The van der Waals surface area contributed by atoms with Gasteiger partial charge in [0.2, 0.25) is 0 Å². The number of benzene rings is 1. The van der Waals surface area contributed by atoms with Crippen molar-refractivity contribution in [2.45, 2.75) is 12.7 Å². The van der Waals surface area contributed by atoms with Crippen molar-refractivity contribution in [1.29, 1.82) is 0 Å². The molecular weight excluding hydrogens is 314 g/mol. The van der Waals surface area contributed by atoms with E-state index >= 15 is 0 Å². The molecule has 0 aliphatic heterocycles. The second kappa shape index (κ2) is 6.33. The predicted octanol–water partition coefficient (Wildman–Crippen LogP) is 3.08. The second-order valence-corrected chi connectivity index (χ2v) is 5.67. The van der Waals surface area contributed by atoms with Crippen molar-refractivity contribution in [2.75, 3.05) is 6.54 Å². The molecule has 1 unspecified atom stereocenters. The molecule has 1 aromatic heterocycles. The highest BCUT2D eigenvalue weighted by molar-refractivity contribution is 9.10. The van der Waals surface area contributed by atoms with Crippen molar-refractivity contribution in [2.24, 2.45) is 5.73 Å². The summed E-state index contributed by atoms with van der Waals surface area (Å²) in [5.74, 6) is 0.757. The Morgan fingerprint density at radius 2 is 2.06 bits per heavy atom. The van der Waals surface area contributed by atoms with Gasteiger partial charge in [-0.1, -0.05) is 12.1 Å². The Balaban J connectivity index is 2.10. The molecule has 0 aliphatic carbocycles. The lowest BCUT2D eigenvalue weighted by Crippen LogP contribution is -2.17. The molecule has 0 spiro atoms. The van der Waals surface area contributed by atoms with Crippen molar-refractivity contribution >= 4 is 27.3 Å². The van der Waals surface area contributed by atoms with Crippen LogP contribution in [0.15, 0.2) is 40.2 Å². The minimum atomic E-state index is -0.138. The van der Waals surface area contributed by atoms with E-state index in [4.69, 9.17) is 15.6 Å². The van der Waals surface area contributed by atoms with E-state index in [1.165, 1.54) is 0 Å². The van der Waals surface area contributed by atoms with Crippen LogP contribution >= 0.6 is 27.3 Å². The lowest BCUT2D eigenvalue weighted by Gasteiger charge is -2.16. The Labute approximate surface area is 118 Å². The maximum absolute atomic E-state index is 8.97. The average Bonchev–Trinajstić information content (AvgIpc) is 2.83. The zero-order valence-electron chi connectivity index (χ0n) is 9.67. The summed E-state index contributed by atoms with van der Waals surface area (Å²) in [5.41, 5.74) is 6.61. The molecule has 1 atom stereocenters. The number of hydrogen-bond donors (Lipinski definition) is 2. The molecule has 3 N–H and O–H groups in total. The largest absolute Gasteiger partial charge is 0.484 e. The molecule has 5 heteroatoms. The van der Waals surface area contributed by atoms with Crippen molar-refractivity contribution in [3.63, 3.8) is 0 Å². The Hall–Kier alpha value is -0.880. The smallest absolute Gasteiger partial charge is 0.145 e. The highest BCUT2D eigenvalue weighted by Crippen LogP contribution is 2.28. The lowest BCUT2D eigenvalue weighted by atomic mass is 10.2. The first-order valence-electron chi connectivity index (χ1n) is 5.53. The van der Waals surface area contributed by atoms with E-state index in [1.54, 1.807) is 11.3 Å². The van der Waals surface area contributed by atoms with Crippen LogP contribution in [0, 0.1) is 0 Å². The van der Waals surface area contributed by atoms with Gasteiger partial charge in [-0.3, -0.25) is 0 Å². The first kappa shape index (κ1) is 13.5. The normalized spacial score (nSPS) is 12.4. The van der Waals surface area contributed by atoms with Crippen molar-refractivity contribution in [3.05, 3.63) is 50.6 Å². The molecule has 0 fully saturated rings. The molecule has 0 bridgehead atoms. The Bertz CT molecular complexity index is 498. The van der Waals surface area contributed by atoms with E-state index in [-0.39, 0.29) is 12.7 Å². The first-order valence-corrected chi connectivity index (χ1v) is 7.20. The zero-order chi connectivity index (χ0) is 13.0. The van der Waals surface area contributed by atoms with Gasteiger partial charge < -0.3 is 15.6 Å². The number of halogens is 1. The molecule has 0 saturated heterocycles. The van der Waals surface area contributed by atoms with E-state index in [9.17, 15) is 0 Å². The van der Waals surface area contributed by atoms with Gasteiger partial charge in [-0.25, -0.2) is 0 Å². The number of ether oxygens (including phenoxy) is 1. The van der Waals surface area contributed by atoms with Gasteiger partial charge in [0, 0.05) is 21.3 Å². The van der Waals surface area contributed by atoms with Crippen LogP contribution in [-0.2, 0) is 6.61 Å². The van der Waals surface area contributed by atoms with E-state index in [0.29, 0.717) is 6.54 Å². The highest BCUT2D eigenvalue weighted by atomic mass is 79.9. The molecule has 0 radical (unpaired) electrons. The molecule has 0 amide bonds. The van der Waals surface area contributed by atoms with Crippen LogP contribution in [0.3, 0.4) is 0 Å². The SMILES string of the molecule is NCC(Oc1ccc(CO)cc1)c1cc(Br)cs1. The number of rotatable bonds is 5. The van der Waals surface area contributed by atoms with Crippen LogP contribution in [0.2, 0.25) is 0 Å². The maximum Gasteiger partial charge on any atom is 0.145 e. The Morgan fingerprint density at radius 3 is 2.56 bits per heavy atom. The topological polar surface area (TPSA) is 55.5 Å². The third kappa shape index (κ3) is 3.32. The number of nitrogens with two attached hydrogens (primary N) is 1. The molecular formula is C13H14BrNO2S. The summed E-state index contributed by atoms with van der Waals surface area (Å²) in [7, 11) is 0. The number of aliphatic hydroxyl groups is 1. The van der Waals surface area contributed by atoms with Crippen molar-refractivity contribution in [3.8, 4) is 5.75 Å². The number of thiophene rings is 1. The maximum atomic E-state index is 8.97. The van der Waals surface area contributed by atoms with Gasteiger partial charge in [0.25, 0.3) is 0 Å². The highest BCUT2D eigenvalue weighted by Gasteiger charge is 2.13. The predicted molar refractivity (Wildman–Crippen MR) is 76.8 cm³/mol. The molecule has 3 nitrogen and oxygen atoms in total. The standard InChI is InChI=1S/C13H14BrNO2S/c14-10-5-13(18-8-10)12(6-15)17-11-3-1-9(7-16)2-4-11/h1-5,8,12,16H,6-7,15H2. The minimum Gasteiger partial charge on any atom is -0.484 e. The fourth-order valence-electron chi connectivity index (χ4n) is 1.56. The average molecular weight is 328 g/mol. The van der Waals surface area contributed by atoms with E-state index < -0.39 is 0 Å². The summed E-state index contributed by atoms with van der Waals surface area (Å²) >= 11 is 5.04. The number of aliphatic hydroxyl groups excluding tert-OH is 1. The van der Waals surface area contributed by atoms with Crippen LogP contribution in [0.5, 0.6) is 5.75 Å². The number of hydrogen-bond acceptors (Lipinski definition) is 4. The van der Waals surface area contributed by atoms with E-state index in [1.807, 2.05) is 35.7 Å². The van der Waals surface area contributed by atoms with Crippen LogP contribution < -0.4 is 10.5 Å². The zero-order valence-corrected chi connectivity index (χ0v) is 12.1. The molecule has 96 valence electrons. The summed E-state index contributed by atoms with van der Waals surface area (Å²) in [6, 6.07) is 9.39. The molecule has 0 saturated carbocycles. The summed E-state index contributed by atoms with van der Waals surface area (Å²) in [4.78, 5) is 1.09. The lowest BCUT2D eigenvalue weighted by molar-refractivity contribution is 0.217. The summed E-state index contributed by atoms with van der Waals surface area (Å²) in [6.07, 6.45) is -0.138. The van der Waals surface area contributed by atoms with Crippen molar-refractivity contribution < 1.29 is 9.84 Å². The molecule has 2 rings (SSSR count). The third-order valence-electron chi connectivity index (χ3n) is 2.50. The second-order valence-electron chi connectivity index (χ2n) is 3.81. The Kier molecular flexibility index (Phi) is 4.77. The van der Waals surface area contributed by atoms with Crippen molar-refractivity contribution in [1.82, 2.24) is 0 Å². The summed E-state index contributed by atoms with van der Waals surface area (Å²) < 4.78 is 6.89. The van der Waals surface area contributed by atoms with Gasteiger partial charge in [0.15, 0.2) is 0 Å². The van der Waals surface area contributed by atoms with Gasteiger partial charge in [-0.2, -0.15) is 0 Å². The molecule has 1 aromatic carbocycles. The molecule has 18 heavy (non-hydrogen) atoms. The fourth-order valence-corrected chi connectivity index (χ4v) is 3.04. The van der Waals surface area contributed by atoms with Crippen LogP contribution in [0.4, 0.5) is 0 Å². The van der Waals surface area contributed by atoms with Gasteiger partial charge in [0.05, 0.1) is 6.61 Å². The van der Waals surface area contributed by atoms with Crippen LogP contribution in [0.25, 0.3) is 0 Å². The summed E-state index contributed by atoms with van der Waals surface area (Å²) in [5, 5.41) is 11.0. The van der Waals surface area contributed by atoms with Gasteiger partial charge in [-0.05, 0) is 39.7 Å². The van der Waals surface area contributed by atoms with Gasteiger partial charge in [0.1, 0.15) is 11.9 Å². The van der Waals surface area contributed by atoms with Gasteiger partial charge in [-0.15, -0.1) is 11.3 Å². The molecule has 1 heterocycles. The van der Waals surface area contributed by atoms with E-state index in [0.717, 1.165) is 20.7 Å². The van der Waals surface area contributed by atoms with Gasteiger partial charge >= 0.3 is 0 Å². The third-order valence-corrected chi connectivity index (χ3v) is 4.29. The molecule has 0 aliphatic rings. The van der Waals surface area contributed by atoms with Crippen LogP contribution in [0.1, 0.15) is 16.5 Å². The summed E-state index contributed by atoms with van der Waals surface area (Å²) in [6.45, 7) is 0.465. The Morgan fingerprint density at radius 1 is 1.33 bits per heavy atom. The minimum absolute atomic E-state index is 0.0401. The quantitative estimate of drug-likeness (QED) is 0.887. The van der Waals surface area contributed by atoms with Crippen LogP contribution in [-0.4, -0.2) is 11.7 Å².